The number of ether oxygens (including phenoxy) is 2. The highest BCUT2D eigenvalue weighted by atomic mass is 16.6. The van der Waals surface area contributed by atoms with Crippen molar-refractivity contribution in [2.75, 3.05) is 6.61 Å². The van der Waals surface area contributed by atoms with Gasteiger partial charge in [0.05, 0.1) is 18.3 Å². The van der Waals surface area contributed by atoms with Crippen LogP contribution in [0.25, 0.3) is 0 Å². The molecule has 0 aromatic carbocycles. The maximum atomic E-state index is 11.3. The van der Waals surface area contributed by atoms with Crippen LogP contribution in [0.15, 0.2) is 0 Å². The van der Waals surface area contributed by atoms with Gasteiger partial charge in [0.1, 0.15) is 6.10 Å². The summed E-state index contributed by atoms with van der Waals surface area (Å²) in [5.41, 5.74) is -0.413. The summed E-state index contributed by atoms with van der Waals surface area (Å²) in [5.74, 6) is 0.192. The molecule has 2 bridgehead atoms. The van der Waals surface area contributed by atoms with Crippen molar-refractivity contribution in [3.05, 3.63) is 0 Å². The summed E-state index contributed by atoms with van der Waals surface area (Å²) >= 11 is 0. The molecule has 62 valence electrons. The molecule has 0 saturated carbocycles. The van der Waals surface area contributed by atoms with Crippen LogP contribution in [0.5, 0.6) is 0 Å². The minimum absolute atomic E-state index is 0.0283. The molecule has 2 aliphatic rings. The van der Waals surface area contributed by atoms with Crippen molar-refractivity contribution in [3.8, 4) is 0 Å². The number of hydrogen-bond donors (Lipinski definition) is 0. The Hall–Kier alpha value is -0.410. The lowest BCUT2D eigenvalue weighted by atomic mass is 9.99. The van der Waals surface area contributed by atoms with E-state index in [2.05, 4.69) is 0 Å². The van der Waals surface area contributed by atoms with Crippen LogP contribution < -0.4 is 0 Å². The second-order valence-corrected chi connectivity index (χ2v) is 3.72. The van der Waals surface area contributed by atoms with Gasteiger partial charge in [0.15, 0.2) is 5.78 Å². The Bertz CT molecular complexity index is 198. The standard InChI is InChI=1S/C8H12O3/c1-8(2)7-6(9)3-5(11-7)4-10-8/h5,7H,3-4H2,1-2H3/t5-,7+/m0/s1. The first-order valence-electron chi connectivity index (χ1n) is 3.92. The number of Topliss-reactive ketones (excluding diaryl/α,β-unsaturated/α-hetero) is 1. The Morgan fingerprint density at radius 3 is 2.91 bits per heavy atom. The van der Waals surface area contributed by atoms with E-state index in [0.717, 1.165) is 0 Å². The van der Waals surface area contributed by atoms with Crippen molar-refractivity contribution >= 4 is 5.78 Å². The van der Waals surface area contributed by atoms with E-state index >= 15 is 0 Å². The molecule has 2 rings (SSSR count). The van der Waals surface area contributed by atoms with Crippen molar-refractivity contribution in [2.45, 2.75) is 38.1 Å². The number of hydrogen-bond acceptors (Lipinski definition) is 3. The predicted octanol–water partition coefficient (Wildman–Crippen LogP) is 0.522. The molecule has 0 aliphatic carbocycles. The zero-order valence-electron chi connectivity index (χ0n) is 6.79. The fourth-order valence-electron chi connectivity index (χ4n) is 1.68. The molecule has 11 heavy (non-hydrogen) atoms. The molecule has 3 nitrogen and oxygen atoms in total. The van der Waals surface area contributed by atoms with Crippen LogP contribution in [-0.2, 0) is 14.3 Å². The molecule has 2 heterocycles. The molecule has 2 atom stereocenters. The summed E-state index contributed by atoms with van der Waals surface area (Å²) in [7, 11) is 0. The van der Waals surface area contributed by atoms with Crippen LogP contribution in [0.2, 0.25) is 0 Å². The molecular weight excluding hydrogens is 144 g/mol. The fourth-order valence-corrected chi connectivity index (χ4v) is 1.68. The van der Waals surface area contributed by atoms with Crippen LogP contribution >= 0.6 is 0 Å². The zero-order chi connectivity index (χ0) is 8.06. The highest BCUT2D eigenvalue weighted by Crippen LogP contribution is 2.33. The van der Waals surface area contributed by atoms with Crippen LogP contribution in [0.1, 0.15) is 20.3 Å². The Balaban J connectivity index is 2.25. The summed E-state index contributed by atoms with van der Waals surface area (Å²) in [6, 6.07) is 0. The zero-order valence-corrected chi connectivity index (χ0v) is 6.79. The van der Waals surface area contributed by atoms with Crippen molar-refractivity contribution in [3.63, 3.8) is 0 Å². The molecule has 2 fully saturated rings. The molecule has 0 aromatic heterocycles. The number of carbonyl (C=O) groups is 1. The van der Waals surface area contributed by atoms with Crippen molar-refractivity contribution in [2.24, 2.45) is 0 Å². The van der Waals surface area contributed by atoms with Gasteiger partial charge < -0.3 is 9.47 Å². The van der Waals surface area contributed by atoms with Gasteiger partial charge in [0, 0.05) is 6.42 Å². The van der Waals surface area contributed by atoms with E-state index in [0.29, 0.717) is 13.0 Å². The quantitative estimate of drug-likeness (QED) is 0.513. The lowest BCUT2D eigenvalue weighted by Crippen LogP contribution is -2.47. The third-order valence-electron chi connectivity index (χ3n) is 2.32. The van der Waals surface area contributed by atoms with Crippen LogP contribution in [-0.4, -0.2) is 30.2 Å². The maximum absolute atomic E-state index is 11.3. The Morgan fingerprint density at radius 1 is 1.55 bits per heavy atom. The monoisotopic (exact) mass is 156 g/mol. The van der Waals surface area contributed by atoms with Gasteiger partial charge in [0.2, 0.25) is 0 Å². The molecule has 0 aromatic rings. The van der Waals surface area contributed by atoms with E-state index in [-0.39, 0.29) is 18.0 Å². The third kappa shape index (κ3) is 0.993. The highest BCUT2D eigenvalue weighted by Gasteiger charge is 2.48. The van der Waals surface area contributed by atoms with E-state index in [1.54, 1.807) is 0 Å². The SMILES string of the molecule is CC1(C)OC[C@@H]2CC(=O)[C@H]1O2. The molecule has 2 saturated heterocycles. The van der Waals surface area contributed by atoms with Crippen molar-refractivity contribution in [1.29, 1.82) is 0 Å². The first-order valence-corrected chi connectivity index (χ1v) is 3.92. The van der Waals surface area contributed by atoms with Crippen LogP contribution in [0, 0.1) is 0 Å². The summed E-state index contributed by atoms with van der Waals surface area (Å²) in [6.45, 7) is 4.36. The second kappa shape index (κ2) is 2.05. The van der Waals surface area contributed by atoms with Crippen LogP contribution in [0.4, 0.5) is 0 Å². The average Bonchev–Trinajstić information content (AvgIpc) is 2.23. The minimum Gasteiger partial charge on any atom is -0.370 e. The van der Waals surface area contributed by atoms with Crippen LogP contribution in [0.3, 0.4) is 0 Å². The normalized spacial score (nSPS) is 41.1. The van der Waals surface area contributed by atoms with E-state index in [9.17, 15) is 4.79 Å². The number of rotatable bonds is 0. The first kappa shape index (κ1) is 7.25. The van der Waals surface area contributed by atoms with Gasteiger partial charge >= 0.3 is 0 Å². The summed E-state index contributed by atoms with van der Waals surface area (Å²) in [5, 5.41) is 0. The molecule has 0 N–H and O–H groups in total. The maximum Gasteiger partial charge on any atom is 0.167 e. The van der Waals surface area contributed by atoms with Gasteiger partial charge in [-0.3, -0.25) is 4.79 Å². The minimum atomic E-state index is -0.413. The Labute approximate surface area is 65.7 Å². The number of ketones is 1. The molecule has 3 heteroatoms. The topological polar surface area (TPSA) is 35.5 Å². The number of carbonyl (C=O) groups excluding carboxylic acids is 1. The number of fused-ring (bicyclic) bond motifs is 2. The molecule has 2 aliphatic heterocycles. The van der Waals surface area contributed by atoms with Gasteiger partial charge in [-0.15, -0.1) is 0 Å². The Morgan fingerprint density at radius 2 is 2.27 bits per heavy atom. The van der Waals surface area contributed by atoms with E-state index < -0.39 is 5.60 Å². The largest absolute Gasteiger partial charge is 0.370 e. The van der Waals surface area contributed by atoms with Gasteiger partial charge in [-0.1, -0.05) is 0 Å². The van der Waals surface area contributed by atoms with Gasteiger partial charge in [-0.2, -0.15) is 0 Å². The van der Waals surface area contributed by atoms with E-state index in [4.69, 9.17) is 9.47 Å². The molecule has 0 radical (unpaired) electrons. The summed E-state index contributed by atoms with van der Waals surface area (Å²) < 4.78 is 10.9. The van der Waals surface area contributed by atoms with E-state index in [1.807, 2.05) is 13.8 Å². The summed E-state index contributed by atoms with van der Waals surface area (Å²) in [4.78, 5) is 11.3. The van der Waals surface area contributed by atoms with Gasteiger partial charge in [0.25, 0.3) is 0 Å². The molecule has 0 amide bonds. The van der Waals surface area contributed by atoms with Crippen molar-refractivity contribution < 1.29 is 14.3 Å². The van der Waals surface area contributed by atoms with Gasteiger partial charge in [-0.05, 0) is 13.8 Å². The molecule has 0 unspecified atom stereocenters. The second-order valence-electron chi connectivity index (χ2n) is 3.72. The molecular formula is C8H12O3. The molecule has 0 spiro atoms. The lowest BCUT2D eigenvalue weighted by Gasteiger charge is -2.34. The van der Waals surface area contributed by atoms with Crippen molar-refractivity contribution in [1.82, 2.24) is 0 Å². The van der Waals surface area contributed by atoms with Gasteiger partial charge in [-0.25, -0.2) is 0 Å². The Kier molecular flexibility index (Phi) is 1.35. The average molecular weight is 156 g/mol. The predicted molar refractivity (Wildman–Crippen MR) is 38.3 cm³/mol. The summed E-state index contributed by atoms with van der Waals surface area (Å²) in [6.07, 6.45) is 0.246. The fraction of sp³-hybridized carbons (Fsp3) is 0.875. The lowest BCUT2D eigenvalue weighted by molar-refractivity contribution is -0.190. The first-order chi connectivity index (χ1) is 5.09. The third-order valence-corrected chi connectivity index (χ3v) is 2.32. The van der Waals surface area contributed by atoms with E-state index in [1.165, 1.54) is 0 Å². The highest BCUT2D eigenvalue weighted by molar-refractivity contribution is 5.86. The smallest absolute Gasteiger partial charge is 0.167 e.